The Morgan fingerprint density at radius 2 is 2.08 bits per heavy atom. The summed E-state index contributed by atoms with van der Waals surface area (Å²) in [4.78, 5) is 11.6. The molecule has 0 radical (unpaired) electrons. The number of halogens is 1. The predicted molar refractivity (Wildman–Crippen MR) is 63.0 cm³/mol. The fourth-order valence-electron chi connectivity index (χ4n) is 1.05. The van der Waals surface area contributed by atoms with E-state index in [1.165, 1.54) is 0 Å². The molecule has 0 aliphatic carbocycles. The number of allylic oxidation sites excluding steroid dienone is 1. The van der Waals surface area contributed by atoms with Crippen molar-refractivity contribution in [2.75, 3.05) is 0 Å². The van der Waals surface area contributed by atoms with E-state index in [9.17, 15) is 4.79 Å². The zero-order valence-corrected chi connectivity index (χ0v) is 9.88. The third kappa shape index (κ3) is 2.18. The van der Waals surface area contributed by atoms with Crippen molar-refractivity contribution in [2.24, 2.45) is 0 Å². The fourth-order valence-corrected chi connectivity index (χ4v) is 1.66. The van der Waals surface area contributed by atoms with E-state index in [0.29, 0.717) is 5.57 Å². The quantitative estimate of drug-likeness (QED) is 0.463. The summed E-state index contributed by atoms with van der Waals surface area (Å²) < 4.78 is 1.02. The topological polar surface area (TPSA) is 17.1 Å². The van der Waals surface area contributed by atoms with Crippen molar-refractivity contribution >= 4 is 28.4 Å². The molecule has 0 amide bonds. The molecular formula is C11H11IO. The average Bonchev–Trinajstić information content (AvgIpc) is 2.08. The number of ketones is 1. The Morgan fingerprint density at radius 3 is 2.62 bits per heavy atom. The van der Waals surface area contributed by atoms with Gasteiger partial charge in [0.25, 0.3) is 0 Å². The van der Waals surface area contributed by atoms with E-state index in [2.05, 4.69) is 29.2 Å². The maximum absolute atomic E-state index is 11.6. The zero-order valence-electron chi connectivity index (χ0n) is 7.73. The molecule has 0 bridgehead atoms. The molecule has 13 heavy (non-hydrogen) atoms. The summed E-state index contributed by atoms with van der Waals surface area (Å²) in [6, 6.07) is 5.73. The van der Waals surface area contributed by atoms with E-state index in [4.69, 9.17) is 0 Å². The number of aryl methyl sites for hydroxylation is 1. The first-order chi connectivity index (χ1) is 6.04. The highest BCUT2D eigenvalue weighted by Crippen LogP contribution is 2.18. The lowest BCUT2D eigenvalue weighted by Gasteiger charge is -2.05. The van der Waals surface area contributed by atoms with Crippen LogP contribution in [-0.4, -0.2) is 5.78 Å². The molecule has 1 rings (SSSR count). The van der Waals surface area contributed by atoms with E-state index in [1.54, 1.807) is 6.92 Å². The maximum atomic E-state index is 11.6. The lowest BCUT2D eigenvalue weighted by atomic mass is 10.0. The highest BCUT2D eigenvalue weighted by Gasteiger charge is 2.10. The standard InChI is InChI=1S/C11H11IO/c1-7(2)11(13)9-6-4-5-8(3)10(9)12/h4-6H,1H2,2-3H3. The molecule has 1 aromatic rings. The number of hydrogen-bond donors (Lipinski definition) is 0. The Bertz CT molecular complexity index is 366. The summed E-state index contributed by atoms with van der Waals surface area (Å²) in [5, 5.41) is 0. The summed E-state index contributed by atoms with van der Waals surface area (Å²) in [5.74, 6) is 0.0353. The second-order valence-corrected chi connectivity index (χ2v) is 4.12. The predicted octanol–water partition coefficient (Wildman–Crippen LogP) is 3.36. The Balaban J connectivity index is 3.23. The number of Topliss-reactive ketones (excluding diaryl/α,β-unsaturated/α-hetero) is 1. The first kappa shape index (κ1) is 10.4. The minimum atomic E-state index is 0.0353. The van der Waals surface area contributed by atoms with Gasteiger partial charge in [0.2, 0.25) is 0 Å². The van der Waals surface area contributed by atoms with Crippen molar-refractivity contribution in [2.45, 2.75) is 13.8 Å². The van der Waals surface area contributed by atoms with Crippen molar-refractivity contribution < 1.29 is 4.79 Å². The van der Waals surface area contributed by atoms with Crippen LogP contribution in [-0.2, 0) is 0 Å². The minimum absolute atomic E-state index is 0.0353. The molecule has 0 spiro atoms. The molecule has 2 heteroatoms. The van der Waals surface area contributed by atoms with E-state index in [0.717, 1.165) is 14.7 Å². The Hall–Kier alpha value is -0.640. The largest absolute Gasteiger partial charge is 0.289 e. The summed E-state index contributed by atoms with van der Waals surface area (Å²) in [7, 11) is 0. The van der Waals surface area contributed by atoms with Crippen molar-refractivity contribution in [1.29, 1.82) is 0 Å². The third-order valence-corrected chi connectivity index (χ3v) is 3.26. The molecule has 68 valence electrons. The number of rotatable bonds is 2. The van der Waals surface area contributed by atoms with Crippen LogP contribution in [0, 0.1) is 10.5 Å². The van der Waals surface area contributed by atoms with Gasteiger partial charge in [0.15, 0.2) is 5.78 Å². The Morgan fingerprint density at radius 1 is 1.46 bits per heavy atom. The first-order valence-corrected chi connectivity index (χ1v) is 5.07. The van der Waals surface area contributed by atoms with Crippen LogP contribution in [0.5, 0.6) is 0 Å². The molecule has 1 nitrogen and oxygen atoms in total. The Labute approximate surface area is 92.0 Å². The molecule has 0 saturated carbocycles. The van der Waals surface area contributed by atoms with Gasteiger partial charge in [-0.3, -0.25) is 4.79 Å². The molecule has 0 N–H and O–H groups in total. The summed E-state index contributed by atoms with van der Waals surface area (Å²) in [6.07, 6.45) is 0. The maximum Gasteiger partial charge on any atom is 0.189 e. The monoisotopic (exact) mass is 286 g/mol. The molecule has 0 atom stereocenters. The van der Waals surface area contributed by atoms with Crippen LogP contribution in [0.4, 0.5) is 0 Å². The van der Waals surface area contributed by atoms with E-state index in [1.807, 2.05) is 25.1 Å². The van der Waals surface area contributed by atoms with Gasteiger partial charge in [0, 0.05) is 9.13 Å². The van der Waals surface area contributed by atoms with Crippen molar-refractivity contribution in [3.05, 3.63) is 45.0 Å². The second-order valence-electron chi connectivity index (χ2n) is 3.05. The second kappa shape index (κ2) is 4.05. The zero-order chi connectivity index (χ0) is 10.0. The lowest BCUT2D eigenvalue weighted by molar-refractivity contribution is 0.103. The smallest absolute Gasteiger partial charge is 0.189 e. The van der Waals surface area contributed by atoms with Gasteiger partial charge in [-0.25, -0.2) is 0 Å². The summed E-state index contributed by atoms with van der Waals surface area (Å²) in [5.41, 5.74) is 2.48. The molecule has 0 aromatic heterocycles. The van der Waals surface area contributed by atoms with Crippen LogP contribution in [0.2, 0.25) is 0 Å². The van der Waals surface area contributed by atoms with Crippen molar-refractivity contribution in [1.82, 2.24) is 0 Å². The van der Waals surface area contributed by atoms with Gasteiger partial charge in [-0.2, -0.15) is 0 Å². The molecule has 0 unspecified atom stereocenters. The van der Waals surface area contributed by atoms with Crippen LogP contribution in [0.25, 0.3) is 0 Å². The Kier molecular flexibility index (Phi) is 3.25. The van der Waals surface area contributed by atoms with E-state index in [-0.39, 0.29) is 5.78 Å². The van der Waals surface area contributed by atoms with Crippen molar-refractivity contribution in [3.63, 3.8) is 0 Å². The van der Waals surface area contributed by atoms with Gasteiger partial charge in [-0.1, -0.05) is 18.7 Å². The molecule has 0 aliphatic heterocycles. The van der Waals surface area contributed by atoms with Crippen molar-refractivity contribution in [3.8, 4) is 0 Å². The van der Waals surface area contributed by atoms with Gasteiger partial charge in [0.05, 0.1) is 0 Å². The number of benzene rings is 1. The molecule has 0 saturated heterocycles. The van der Waals surface area contributed by atoms with E-state index < -0.39 is 0 Å². The molecule has 0 aliphatic rings. The molecule has 0 heterocycles. The average molecular weight is 286 g/mol. The van der Waals surface area contributed by atoms with Gasteiger partial charge in [0.1, 0.15) is 0 Å². The molecule has 1 aromatic carbocycles. The minimum Gasteiger partial charge on any atom is -0.289 e. The van der Waals surface area contributed by atoms with Gasteiger partial charge in [-0.15, -0.1) is 0 Å². The fraction of sp³-hybridized carbons (Fsp3) is 0.182. The number of carbonyl (C=O) groups is 1. The third-order valence-electron chi connectivity index (χ3n) is 1.82. The first-order valence-electron chi connectivity index (χ1n) is 3.99. The van der Waals surface area contributed by atoms with Crippen LogP contribution in [0.3, 0.4) is 0 Å². The molecule has 0 fully saturated rings. The van der Waals surface area contributed by atoms with Crippen LogP contribution in [0.1, 0.15) is 22.8 Å². The van der Waals surface area contributed by atoms with Crippen LogP contribution < -0.4 is 0 Å². The SMILES string of the molecule is C=C(C)C(=O)c1cccc(C)c1I. The highest BCUT2D eigenvalue weighted by molar-refractivity contribution is 14.1. The van der Waals surface area contributed by atoms with Gasteiger partial charge < -0.3 is 0 Å². The number of hydrogen-bond acceptors (Lipinski definition) is 1. The van der Waals surface area contributed by atoms with Gasteiger partial charge >= 0.3 is 0 Å². The van der Waals surface area contributed by atoms with E-state index >= 15 is 0 Å². The molecular weight excluding hydrogens is 275 g/mol. The van der Waals surface area contributed by atoms with Crippen LogP contribution in [0.15, 0.2) is 30.4 Å². The summed E-state index contributed by atoms with van der Waals surface area (Å²) in [6.45, 7) is 7.38. The normalized spacial score (nSPS) is 9.77. The number of carbonyl (C=O) groups excluding carboxylic acids is 1. The van der Waals surface area contributed by atoms with Gasteiger partial charge in [-0.05, 0) is 53.6 Å². The highest BCUT2D eigenvalue weighted by atomic mass is 127. The van der Waals surface area contributed by atoms with Crippen LogP contribution >= 0.6 is 22.6 Å². The summed E-state index contributed by atoms with van der Waals surface area (Å²) >= 11 is 2.19. The lowest BCUT2D eigenvalue weighted by Crippen LogP contribution is -2.03.